The predicted molar refractivity (Wildman–Crippen MR) is 82.3 cm³/mol. The van der Waals surface area contributed by atoms with E-state index in [0.717, 1.165) is 19.1 Å². The Kier molecular flexibility index (Phi) is 4.23. The summed E-state index contributed by atoms with van der Waals surface area (Å²) in [6.45, 7) is 2.21. The van der Waals surface area contributed by atoms with E-state index in [9.17, 15) is 13.2 Å². The molecule has 1 aromatic heterocycles. The lowest BCUT2D eigenvalue weighted by Crippen LogP contribution is -2.66. The number of ether oxygens (including phenoxy) is 1. The van der Waals surface area contributed by atoms with Crippen LogP contribution in [0.1, 0.15) is 23.3 Å². The zero-order chi connectivity index (χ0) is 15.8. The summed E-state index contributed by atoms with van der Waals surface area (Å²) in [7, 11) is -3.16. The molecule has 7 nitrogen and oxygen atoms in total. The van der Waals surface area contributed by atoms with E-state index >= 15 is 0 Å². The molecule has 2 saturated heterocycles. The van der Waals surface area contributed by atoms with Crippen molar-refractivity contribution in [2.75, 3.05) is 32.5 Å². The Morgan fingerprint density at radius 2 is 2.36 bits per heavy atom. The number of likely N-dealkylation sites (tertiary alicyclic amines) is 1. The van der Waals surface area contributed by atoms with Crippen LogP contribution in [0.5, 0.6) is 0 Å². The second-order valence-electron chi connectivity index (χ2n) is 5.89. The van der Waals surface area contributed by atoms with Gasteiger partial charge in [-0.1, -0.05) is 0 Å². The van der Waals surface area contributed by atoms with Crippen LogP contribution in [-0.4, -0.2) is 62.3 Å². The average Bonchev–Trinajstić information content (AvgIpc) is 3.03. The highest BCUT2D eigenvalue weighted by molar-refractivity contribution is 7.88. The standard InChI is InChI=1S/C13H19N3O4S2/c1-22(18,19)15-4-2-10-3-5-20-13(10)7-16(8-13)12(17)11-6-21-9-14-11/h6,9-10,15H,2-5,7-8H2,1H3/t10-/m0/s1. The maximum absolute atomic E-state index is 12.2. The van der Waals surface area contributed by atoms with Crippen LogP contribution in [0, 0.1) is 5.92 Å². The fourth-order valence-corrected chi connectivity index (χ4v) is 4.20. The third-order valence-electron chi connectivity index (χ3n) is 4.31. The summed E-state index contributed by atoms with van der Waals surface area (Å²) in [6.07, 6.45) is 2.79. The van der Waals surface area contributed by atoms with Crippen molar-refractivity contribution in [2.45, 2.75) is 18.4 Å². The van der Waals surface area contributed by atoms with Gasteiger partial charge in [-0.25, -0.2) is 18.1 Å². The van der Waals surface area contributed by atoms with E-state index in [1.807, 2.05) is 0 Å². The van der Waals surface area contributed by atoms with Crippen molar-refractivity contribution in [3.8, 4) is 0 Å². The number of nitrogens with one attached hydrogen (secondary N) is 1. The molecular formula is C13H19N3O4S2. The smallest absolute Gasteiger partial charge is 0.273 e. The average molecular weight is 345 g/mol. The summed E-state index contributed by atoms with van der Waals surface area (Å²) < 4.78 is 30.6. The lowest BCUT2D eigenvalue weighted by Gasteiger charge is -2.50. The minimum atomic E-state index is -3.16. The summed E-state index contributed by atoms with van der Waals surface area (Å²) in [4.78, 5) is 18.0. The minimum absolute atomic E-state index is 0.0598. The summed E-state index contributed by atoms with van der Waals surface area (Å²) in [6, 6.07) is 0. The molecule has 0 aromatic carbocycles. The van der Waals surface area contributed by atoms with Crippen molar-refractivity contribution in [3.05, 3.63) is 16.6 Å². The molecule has 122 valence electrons. The number of hydrogen-bond acceptors (Lipinski definition) is 6. The molecule has 1 N–H and O–H groups in total. The number of sulfonamides is 1. The van der Waals surface area contributed by atoms with Crippen molar-refractivity contribution < 1.29 is 17.9 Å². The first-order chi connectivity index (χ1) is 10.4. The molecule has 0 radical (unpaired) electrons. The maximum atomic E-state index is 12.2. The molecular weight excluding hydrogens is 326 g/mol. The second-order valence-corrected chi connectivity index (χ2v) is 8.44. The number of nitrogens with zero attached hydrogens (tertiary/aromatic N) is 2. The molecule has 0 aliphatic carbocycles. The van der Waals surface area contributed by atoms with E-state index in [1.165, 1.54) is 11.3 Å². The quantitative estimate of drug-likeness (QED) is 0.830. The van der Waals surface area contributed by atoms with E-state index in [1.54, 1.807) is 15.8 Å². The van der Waals surface area contributed by atoms with Gasteiger partial charge in [0.1, 0.15) is 11.3 Å². The summed E-state index contributed by atoms with van der Waals surface area (Å²) in [5, 5.41) is 1.75. The van der Waals surface area contributed by atoms with Gasteiger partial charge >= 0.3 is 0 Å². The van der Waals surface area contributed by atoms with Crippen LogP contribution in [0.25, 0.3) is 0 Å². The van der Waals surface area contributed by atoms with Gasteiger partial charge in [-0.15, -0.1) is 11.3 Å². The highest BCUT2D eigenvalue weighted by Gasteiger charge is 2.54. The Labute approximate surface area is 133 Å². The molecule has 1 amide bonds. The number of amides is 1. The fraction of sp³-hybridized carbons (Fsp3) is 0.692. The van der Waals surface area contributed by atoms with Gasteiger partial charge in [-0.2, -0.15) is 0 Å². The van der Waals surface area contributed by atoms with Crippen LogP contribution in [0.4, 0.5) is 0 Å². The van der Waals surface area contributed by atoms with Crippen LogP contribution in [-0.2, 0) is 14.8 Å². The molecule has 1 aromatic rings. The summed E-state index contributed by atoms with van der Waals surface area (Å²) in [5.41, 5.74) is 1.83. The highest BCUT2D eigenvalue weighted by Crippen LogP contribution is 2.41. The summed E-state index contributed by atoms with van der Waals surface area (Å²) in [5.74, 6) is 0.219. The largest absolute Gasteiger partial charge is 0.371 e. The molecule has 0 saturated carbocycles. The van der Waals surface area contributed by atoms with Crippen molar-refractivity contribution >= 4 is 27.3 Å². The molecule has 0 bridgehead atoms. The molecule has 3 heterocycles. The monoisotopic (exact) mass is 345 g/mol. The minimum Gasteiger partial charge on any atom is -0.371 e. The van der Waals surface area contributed by atoms with Crippen LogP contribution >= 0.6 is 11.3 Å². The first-order valence-corrected chi connectivity index (χ1v) is 9.99. The van der Waals surface area contributed by atoms with Crippen molar-refractivity contribution in [3.63, 3.8) is 0 Å². The molecule has 2 aliphatic heterocycles. The van der Waals surface area contributed by atoms with Gasteiger partial charge in [-0.05, 0) is 18.8 Å². The number of hydrogen-bond donors (Lipinski definition) is 1. The molecule has 1 atom stereocenters. The predicted octanol–water partition coefficient (Wildman–Crippen LogP) is 0.314. The topological polar surface area (TPSA) is 88.6 Å². The van der Waals surface area contributed by atoms with Gasteiger partial charge in [-0.3, -0.25) is 4.79 Å². The zero-order valence-electron chi connectivity index (χ0n) is 12.3. The lowest BCUT2D eigenvalue weighted by atomic mass is 9.79. The van der Waals surface area contributed by atoms with Crippen LogP contribution in [0.3, 0.4) is 0 Å². The lowest BCUT2D eigenvalue weighted by molar-refractivity contribution is -0.117. The molecule has 9 heteroatoms. The van der Waals surface area contributed by atoms with Gasteiger partial charge in [0.2, 0.25) is 10.0 Å². The fourth-order valence-electron chi connectivity index (χ4n) is 3.18. The van der Waals surface area contributed by atoms with Crippen molar-refractivity contribution in [1.82, 2.24) is 14.6 Å². The number of thiazole rings is 1. The van der Waals surface area contributed by atoms with Gasteiger partial charge in [0.15, 0.2) is 0 Å². The number of carbonyl (C=O) groups excluding carboxylic acids is 1. The molecule has 2 fully saturated rings. The molecule has 22 heavy (non-hydrogen) atoms. The highest BCUT2D eigenvalue weighted by atomic mass is 32.2. The Hall–Kier alpha value is -1.03. The molecule has 3 rings (SSSR count). The molecule has 1 spiro atoms. The summed E-state index contributed by atoms with van der Waals surface area (Å²) >= 11 is 1.40. The third kappa shape index (κ3) is 3.17. The van der Waals surface area contributed by atoms with Crippen molar-refractivity contribution in [1.29, 1.82) is 0 Å². The first-order valence-electron chi connectivity index (χ1n) is 7.16. The normalized spacial score (nSPS) is 23.7. The van der Waals surface area contributed by atoms with E-state index < -0.39 is 10.0 Å². The number of rotatable bonds is 5. The van der Waals surface area contributed by atoms with Gasteiger partial charge in [0.05, 0.1) is 24.9 Å². The van der Waals surface area contributed by atoms with E-state index in [2.05, 4.69) is 9.71 Å². The Morgan fingerprint density at radius 3 is 3.00 bits per heavy atom. The van der Waals surface area contributed by atoms with E-state index in [0.29, 0.717) is 31.9 Å². The molecule has 2 aliphatic rings. The SMILES string of the molecule is CS(=O)(=O)NCC[C@H]1CCOC12CN(C(=O)c1cscn1)C2. The Balaban J connectivity index is 1.55. The van der Waals surface area contributed by atoms with E-state index in [-0.39, 0.29) is 17.4 Å². The maximum Gasteiger partial charge on any atom is 0.273 e. The Bertz CT molecular complexity index is 638. The Morgan fingerprint density at radius 1 is 1.59 bits per heavy atom. The zero-order valence-corrected chi connectivity index (χ0v) is 14.0. The first kappa shape index (κ1) is 15.9. The second kappa shape index (κ2) is 5.88. The van der Waals surface area contributed by atoms with Gasteiger partial charge < -0.3 is 9.64 Å². The van der Waals surface area contributed by atoms with Gasteiger partial charge in [0.25, 0.3) is 5.91 Å². The van der Waals surface area contributed by atoms with Crippen LogP contribution in [0.15, 0.2) is 10.9 Å². The number of carbonyl (C=O) groups is 1. The third-order valence-corrected chi connectivity index (χ3v) is 5.63. The number of aromatic nitrogens is 1. The van der Waals surface area contributed by atoms with E-state index in [4.69, 9.17) is 4.74 Å². The van der Waals surface area contributed by atoms with Gasteiger partial charge in [0, 0.05) is 18.5 Å². The van der Waals surface area contributed by atoms with Crippen molar-refractivity contribution in [2.24, 2.45) is 5.92 Å². The molecule has 0 unspecified atom stereocenters. The van der Waals surface area contributed by atoms with Crippen LogP contribution in [0.2, 0.25) is 0 Å². The van der Waals surface area contributed by atoms with Crippen LogP contribution < -0.4 is 4.72 Å².